The van der Waals surface area contributed by atoms with Crippen molar-refractivity contribution in [2.75, 3.05) is 0 Å². The van der Waals surface area contributed by atoms with Crippen molar-refractivity contribution in [2.24, 2.45) is 0 Å². The first-order chi connectivity index (χ1) is 19.3. The maximum absolute atomic E-state index is 7.91. The molecule has 4 atom stereocenters. The highest BCUT2D eigenvalue weighted by Crippen LogP contribution is 2.52. The number of hydrogen-bond acceptors (Lipinski definition) is 5. The summed E-state index contributed by atoms with van der Waals surface area (Å²) in [6, 6.07) is 27.8. The van der Waals surface area contributed by atoms with Gasteiger partial charge in [-0.25, -0.2) is 0 Å². The average molecular weight is 583 g/mol. The van der Waals surface area contributed by atoms with Crippen LogP contribution in [0.5, 0.6) is 0 Å². The topological polar surface area (TPSA) is 60.8 Å². The molecule has 0 N–H and O–H groups in total. The maximum atomic E-state index is 7.91. The van der Waals surface area contributed by atoms with Crippen LogP contribution in [0.4, 0.5) is 0 Å². The lowest BCUT2D eigenvalue weighted by atomic mass is 9.95. The van der Waals surface area contributed by atoms with Crippen LogP contribution >= 0.6 is 0 Å². The molecule has 0 aliphatic carbocycles. The van der Waals surface area contributed by atoms with Gasteiger partial charge in [-0.2, -0.15) is 20.4 Å². The molecule has 0 aliphatic rings. The number of benzene rings is 2. The number of rotatable bonds is 10. The van der Waals surface area contributed by atoms with Gasteiger partial charge in [0, 0.05) is 24.2 Å². The summed E-state index contributed by atoms with van der Waals surface area (Å²) in [5.74, 6) is 0.380. The van der Waals surface area contributed by atoms with Crippen LogP contribution in [0.15, 0.2) is 97.6 Å². The first kappa shape index (κ1) is 30.9. The molecule has 0 saturated carbocycles. The van der Waals surface area contributed by atoms with Crippen LogP contribution in [0.3, 0.4) is 0 Å². The van der Waals surface area contributed by atoms with Gasteiger partial charge >= 0.3 is 0 Å². The van der Waals surface area contributed by atoms with Crippen molar-refractivity contribution in [3.8, 4) is 0 Å². The van der Waals surface area contributed by atoms with Crippen LogP contribution in [0.2, 0.25) is 35.3 Å². The van der Waals surface area contributed by atoms with Crippen LogP contribution in [0.25, 0.3) is 0 Å². The van der Waals surface area contributed by atoms with Crippen LogP contribution in [-0.4, -0.2) is 37.0 Å². The standard InChI is InChI=1S/C34H46N4OSi2/c1-33(2,3)40(7,25-31(27-15-11-9-12-16-27)29-19-21-35-37-23-29)39-41(8,34(4,5)6)26-32(28-17-13-10-14-18-28)30-20-22-36-38-24-30/h9-24,31-32H,25-26H2,1-8H3. The van der Waals surface area contributed by atoms with Crippen molar-refractivity contribution in [1.82, 2.24) is 20.4 Å². The molecule has 0 spiro atoms. The number of aromatic nitrogens is 4. The normalized spacial score (nSPS) is 16.8. The SMILES string of the molecule is CC(C)(C)[Si](C)(CC(c1ccccc1)c1ccnnc1)O[Si](C)(CC(c1ccccc1)c1ccnnc1)C(C)(C)C. The third-order valence-electron chi connectivity index (χ3n) is 9.23. The summed E-state index contributed by atoms with van der Waals surface area (Å²) in [6.07, 6.45) is 7.47. The Kier molecular flexibility index (Phi) is 9.41. The first-order valence-corrected chi connectivity index (χ1v) is 19.9. The summed E-state index contributed by atoms with van der Waals surface area (Å²) in [7, 11) is -4.82. The fraction of sp³-hybridized carbons (Fsp3) is 0.412. The molecule has 2 aromatic carbocycles. The third kappa shape index (κ3) is 7.26. The van der Waals surface area contributed by atoms with Gasteiger partial charge in [0.1, 0.15) is 0 Å². The van der Waals surface area contributed by atoms with E-state index in [2.05, 4.69) is 148 Å². The summed E-state index contributed by atoms with van der Waals surface area (Å²) >= 11 is 0. The number of nitrogens with zero attached hydrogens (tertiary/aromatic N) is 4. The maximum Gasteiger partial charge on any atom is 0.182 e. The van der Waals surface area contributed by atoms with E-state index in [-0.39, 0.29) is 21.9 Å². The predicted octanol–water partition coefficient (Wildman–Crippen LogP) is 9.00. The minimum atomic E-state index is -2.41. The Morgan fingerprint density at radius 3 is 1.20 bits per heavy atom. The quantitative estimate of drug-likeness (QED) is 0.175. The fourth-order valence-corrected chi connectivity index (χ4v) is 16.3. The van der Waals surface area contributed by atoms with Gasteiger partial charge in [0.05, 0.1) is 12.4 Å². The Morgan fingerprint density at radius 2 is 0.902 bits per heavy atom. The molecule has 7 heteroatoms. The molecule has 4 unspecified atom stereocenters. The summed E-state index contributed by atoms with van der Waals surface area (Å²) in [5, 5.41) is 16.7. The molecule has 5 nitrogen and oxygen atoms in total. The van der Waals surface area contributed by atoms with Crippen LogP contribution in [0, 0.1) is 0 Å². The van der Waals surface area contributed by atoms with E-state index in [0.29, 0.717) is 0 Å². The molecule has 2 heterocycles. The molecule has 4 aromatic rings. The van der Waals surface area contributed by atoms with E-state index in [1.54, 1.807) is 0 Å². The second-order valence-corrected chi connectivity index (χ2v) is 23.3. The molecule has 0 amide bonds. The minimum Gasteiger partial charge on any atom is -0.454 e. The Hall–Kier alpha value is -3.01. The molecule has 0 bridgehead atoms. The zero-order chi connectivity index (χ0) is 29.7. The lowest BCUT2D eigenvalue weighted by Gasteiger charge is -2.52. The third-order valence-corrected chi connectivity index (χ3v) is 21.6. The van der Waals surface area contributed by atoms with Crippen molar-refractivity contribution in [1.29, 1.82) is 0 Å². The molecule has 0 fully saturated rings. The van der Waals surface area contributed by atoms with Gasteiger partial charge in [0.2, 0.25) is 0 Å². The van der Waals surface area contributed by atoms with Gasteiger partial charge in [0.15, 0.2) is 16.6 Å². The molecule has 4 rings (SSSR count). The van der Waals surface area contributed by atoms with E-state index in [9.17, 15) is 0 Å². The van der Waals surface area contributed by atoms with Gasteiger partial charge in [-0.15, -0.1) is 0 Å². The monoisotopic (exact) mass is 582 g/mol. The Morgan fingerprint density at radius 1 is 0.537 bits per heavy atom. The molecule has 2 aromatic heterocycles. The van der Waals surface area contributed by atoms with Gasteiger partial charge in [-0.1, -0.05) is 102 Å². The minimum absolute atomic E-state index is 0.0144. The fourth-order valence-electron chi connectivity index (χ4n) is 5.52. The Bertz CT molecular complexity index is 1180. The zero-order valence-corrected chi connectivity index (χ0v) is 28.0. The van der Waals surface area contributed by atoms with Crippen LogP contribution < -0.4 is 0 Å². The highest BCUT2D eigenvalue weighted by atomic mass is 28.4. The molecule has 41 heavy (non-hydrogen) atoms. The zero-order valence-electron chi connectivity index (χ0n) is 26.0. The van der Waals surface area contributed by atoms with Gasteiger partial charge in [0.25, 0.3) is 0 Å². The van der Waals surface area contributed by atoms with Crippen molar-refractivity contribution in [3.63, 3.8) is 0 Å². The van der Waals surface area contributed by atoms with Crippen molar-refractivity contribution in [2.45, 2.75) is 88.6 Å². The highest BCUT2D eigenvalue weighted by molar-refractivity contribution is 6.88. The molecule has 0 saturated heterocycles. The van der Waals surface area contributed by atoms with E-state index in [4.69, 9.17) is 4.12 Å². The molecule has 0 aliphatic heterocycles. The molecule has 216 valence electrons. The summed E-state index contributed by atoms with van der Waals surface area (Å²) < 4.78 is 7.91. The van der Waals surface area contributed by atoms with Crippen molar-refractivity contribution < 1.29 is 4.12 Å². The molecular formula is C34H46N4OSi2. The summed E-state index contributed by atoms with van der Waals surface area (Å²) in [4.78, 5) is 0. The number of hydrogen-bond donors (Lipinski definition) is 0. The van der Waals surface area contributed by atoms with E-state index in [1.807, 2.05) is 24.8 Å². The largest absolute Gasteiger partial charge is 0.454 e. The second-order valence-electron chi connectivity index (χ2n) is 13.8. The molecule has 0 radical (unpaired) electrons. The lowest BCUT2D eigenvalue weighted by Crippen LogP contribution is -2.58. The molecular weight excluding hydrogens is 537 g/mol. The van der Waals surface area contributed by atoms with E-state index in [0.717, 1.165) is 12.1 Å². The van der Waals surface area contributed by atoms with E-state index in [1.165, 1.54) is 22.3 Å². The van der Waals surface area contributed by atoms with E-state index < -0.39 is 16.6 Å². The predicted molar refractivity (Wildman–Crippen MR) is 174 cm³/mol. The van der Waals surface area contributed by atoms with Gasteiger partial charge in [-0.3, -0.25) is 0 Å². The average Bonchev–Trinajstić information content (AvgIpc) is 2.95. The van der Waals surface area contributed by atoms with Gasteiger partial charge < -0.3 is 4.12 Å². The smallest absolute Gasteiger partial charge is 0.182 e. The Labute approximate surface area is 249 Å². The van der Waals surface area contributed by atoms with Crippen LogP contribution in [-0.2, 0) is 4.12 Å². The summed E-state index contributed by atoms with van der Waals surface area (Å²) in [5.41, 5.74) is 5.00. The Balaban J connectivity index is 1.79. The van der Waals surface area contributed by atoms with Crippen molar-refractivity contribution >= 4 is 16.6 Å². The summed E-state index contributed by atoms with van der Waals surface area (Å²) in [6.45, 7) is 19.2. The van der Waals surface area contributed by atoms with E-state index >= 15 is 0 Å². The van der Waals surface area contributed by atoms with Crippen LogP contribution in [0.1, 0.15) is 75.6 Å². The highest BCUT2D eigenvalue weighted by Gasteiger charge is 2.53. The second kappa shape index (κ2) is 12.5. The lowest BCUT2D eigenvalue weighted by molar-refractivity contribution is 0.425. The van der Waals surface area contributed by atoms with Gasteiger partial charge in [-0.05, 0) is 69.6 Å². The first-order valence-electron chi connectivity index (χ1n) is 14.7. The van der Waals surface area contributed by atoms with Crippen molar-refractivity contribution in [3.05, 3.63) is 120 Å².